The summed E-state index contributed by atoms with van der Waals surface area (Å²) >= 11 is 0. The van der Waals surface area contributed by atoms with Crippen molar-refractivity contribution in [1.29, 1.82) is 0 Å². The van der Waals surface area contributed by atoms with E-state index in [1.165, 1.54) is 106 Å². The van der Waals surface area contributed by atoms with E-state index in [1.807, 2.05) is 0 Å². The lowest BCUT2D eigenvalue weighted by Crippen LogP contribution is -1.89. The summed E-state index contributed by atoms with van der Waals surface area (Å²) in [5.41, 5.74) is 11.2. The second kappa shape index (κ2) is 10.4. The summed E-state index contributed by atoms with van der Waals surface area (Å²) in [7, 11) is 0. The predicted molar refractivity (Wildman–Crippen MR) is 208 cm³/mol. The van der Waals surface area contributed by atoms with Crippen molar-refractivity contribution in [3.8, 4) is 55.9 Å². The third-order valence-corrected chi connectivity index (χ3v) is 10.6. The molecule has 0 atom stereocenters. The minimum atomic E-state index is 0.684. The minimum absolute atomic E-state index is 0.684. The van der Waals surface area contributed by atoms with Gasteiger partial charge in [-0.25, -0.2) is 15.0 Å². The maximum atomic E-state index is 4.31. The molecule has 0 N–H and O–H groups in total. The third-order valence-electron chi connectivity index (χ3n) is 10.6. The van der Waals surface area contributed by atoms with Crippen LogP contribution in [-0.2, 0) is 0 Å². The van der Waals surface area contributed by atoms with Gasteiger partial charge in [-0.15, -0.1) is 0 Å². The molecule has 0 aliphatic heterocycles. The van der Waals surface area contributed by atoms with Crippen LogP contribution in [0.25, 0.3) is 110 Å². The molecule has 11 rings (SSSR count). The molecule has 0 saturated carbocycles. The van der Waals surface area contributed by atoms with Crippen LogP contribution in [0.4, 0.5) is 0 Å². The summed E-state index contributed by atoms with van der Waals surface area (Å²) in [5, 5.41) is 12.7. The van der Waals surface area contributed by atoms with Gasteiger partial charge in [0.1, 0.15) is 12.7 Å². The maximum Gasteiger partial charge on any atom is 0.162 e. The number of benzene rings is 9. The molecule has 10 aromatic rings. The van der Waals surface area contributed by atoms with E-state index in [4.69, 9.17) is 0 Å². The molecule has 3 nitrogen and oxygen atoms in total. The van der Waals surface area contributed by atoms with E-state index in [0.717, 1.165) is 10.9 Å². The lowest BCUT2D eigenvalue weighted by Gasteiger charge is -2.14. The quantitative estimate of drug-likeness (QED) is 0.182. The van der Waals surface area contributed by atoms with Crippen LogP contribution in [0.2, 0.25) is 0 Å². The molecule has 0 bridgehead atoms. The lowest BCUT2D eigenvalue weighted by atomic mass is 9.89. The number of hydrogen-bond donors (Lipinski definition) is 0. The fourth-order valence-corrected chi connectivity index (χ4v) is 8.23. The average molecular weight is 634 g/mol. The van der Waals surface area contributed by atoms with Gasteiger partial charge in [0.2, 0.25) is 0 Å². The van der Waals surface area contributed by atoms with Crippen molar-refractivity contribution in [2.45, 2.75) is 0 Å². The summed E-state index contributed by atoms with van der Waals surface area (Å²) in [6.45, 7) is 0. The zero-order valence-corrected chi connectivity index (χ0v) is 26.9. The van der Waals surface area contributed by atoms with E-state index >= 15 is 0 Å². The van der Waals surface area contributed by atoms with E-state index in [0.29, 0.717) is 5.82 Å². The van der Waals surface area contributed by atoms with Crippen LogP contribution in [0.5, 0.6) is 0 Å². The maximum absolute atomic E-state index is 4.31. The van der Waals surface area contributed by atoms with Crippen LogP contribution >= 0.6 is 0 Å². The van der Waals surface area contributed by atoms with Crippen LogP contribution in [0.1, 0.15) is 0 Å². The Morgan fingerprint density at radius 2 is 0.860 bits per heavy atom. The van der Waals surface area contributed by atoms with Crippen LogP contribution < -0.4 is 0 Å². The molecule has 230 valence electrons. The molecule has 9 aromatic carbocycles. The van der Waals surface area contributed by atoms with Crippen molar-refractivity contribution >= 4 is 53.9 Å². The summed E-state index contributed by atoms with van der Waals surface area (Å²) < 4.78 is 0. The molecule has 0 amide bonds. The molecule has 50 heavy (non-hydrogen) atoms. The van der Waals surface area contributed by atoms with Crippen molar-refractivity contribution in [1.82, 2.24) is 15.0 Å². The molecular weight excluding hydrogens is 607 g/mol. The zero-order valence-electron chi connectivity index (χ0n) is 26.9. The third kappa shape index (κ3) is 4.01. The molecule has 1 heterocycles. The van der Waals surface area contributed by atoms with E-state index in [9.17, 15) is 0 Å². The first-order chi connectivity index (χ1) is 24.8. The smallest absolute Gasteiger partial charge is 0.162 e. The summed E-state index contributed by atoms with van der Waals surface area (Å²) in [6, 6.07) is 56.1. The van der Waals surface area contributed by atoms with Crippen molar-refractivity contribution in [3.05, 3.63) is 164 Å². The second-order valence-electron chi connectivity index (χ2n) is 13.3. The van der Waals surface area contributed by atoms with Crippen LogP contribution in [0.15, 0.2) is 164 Å². The molecule has 0 spiro atoms. The first-order valence-electron chi connectivity index (χ1n) is 17.0. The standard InChI is InChI=1S/C47H27N3/c1-3-7-38-28(5-1)17-18-41-43-25-35-6-2-4-8-39(35)45-40(19-20-42(44(38)41)46(43)45)36-15-13-31-21-29(9-11-33(31)23-36)30-10-12-34-24-37(16-14-32(34)22-30)47-49-26-48-27-50-47/h1-27H. The van der Waals surface area contributed by atoms with E-state index in [-0.39, 0.29) is 0 Å². The Kier molecular flexibility index (Phi) is 5.67. The van der Waals surface area contributed by atoms with E-state index < -0.39 is 0 Å². The van der Waals surface area contributed by atoms with Crippen molar-refractivity contribution in [3.63, 3.8) is 0 Å². The highest BCUT2D eigenvalue weighted by atomic mass is 15.0. The van der Waals surface area contributed by atoms with Crippen LogP contribution in [-0.4, -0.2) is 15.0 Å². The van der Waals surface area contributed by atoms with E-state index in [1.54, 1.807) is 0 Å². The fourth-order valence-electron chi connectivity index (χ4n) is 8.23. The van der Waals surface area contributed by atoms with Gasteiger partial charge in [0.25, 0.3) is 0 Å². The average Bonchev–Trinajstić information content (AvgIpc) is 3.51. The zero-order chi connectivity index (χ0) is 32.8. The van der Waals surface area contributed by atoms with Gasteiger partial charge in [-0.05, 0) is 129 Å². The van der Waals surface area contributed by atoms with Gasteiger partial charge in [0.05, 0.1) is 0 Å². The second-order valence-corrected chi connectivity index (χ2v) is 13.3. The molecule has 3 heteroatoms. The number of aromatic nitrogens is 3. The molecule has 0 unspecified atom stereocenters. The predicted octanol–water partition coefficient (Wildman–Crippen LogP) is 12.3. The highest BCUT2D eigenvalue weighted by Gasteiger charge is 2.26. The lowest BCUT2D eigenvalue weighted by molar-refractivity contribution is 1.06. The molecule has 1 aliphatic rings. The van der Waals surface area contributed by atoms with Gasteiger partial charge in [-0.2, -0.15) is 0 Å². The van der Waals surface area contributed by atoms with Gasteiger partial charge >= 0.3 is 0 Å². The van der Waals surface area contributed by atoms with Gasteiger partial charge in [-0.3, -0.25) is 0 Å². The normalized spacial score (nSPS) is 12.0. The molecule has 1 aliphatic carbocycles. The van der Waals surface area contributed by atoms with E-state index in [2.05, 4.69) is 167 Å². The number of nitrogens with zero attached hydrogens (tertiary/aromatic N) is 3. The Balaban J connectivity index is 1.03. The summed E-state index contributed by atoms with van der Waals surface area (Å²) in [5.74, 6) is 0.684. The molecule has 1 aromatic heterocycles. The largest absolute Gasteiger partial charge is 0.225 e. The van der Waals surface area contributed by atoms with Crippen LogP contribution in [0.3, 0.4) is 0 Å². The summed E-state index contributed by atoms with van der Waals surface area (Å²) in [6.07, 6.45) is 3.07. The Bertz CT molecular complexity index is 3040. The van der Waals surface area contributed by atoms with Gasteiger partial charge in [0, 0.05) is 5.56 Å². The van der Waals surface area contributed by atoms with Crippen LogP contribution in [0, 0.1) is 0 Å². The monoisotopic (exact) mass is 633 g/mol. The first-order valence-corrected chi connectivity index (χ1v) is 17.0. The molecule has 0 radical (unpaired) electrons. The Labute approximate surface area is 288 Å². The number of hydrogen-bond acceptors (Lipinski definition) is 3. The van der Waals surface area contributed by atoms with Crippen molar-refractivity contribution in [2.24, 2.45) is 0 Å². The summed E-state index contributed by atoms with van der Waals surface area (Å²) in [4.78, 5) is 12.6. The SMILES string of the molecule is c1ccc2c3c(ccc2c1)-c1cc2ccccc2c2c(-c4ccc5cc(-c6ccc7cc(-c8ncncn8)ccc7c6)ccc5c4)ccc-3c12. The Hall–Kier alpha value is -6.71. The van der Waals surface area contributed by atoms with Crippen molar-refractivity contribution < 1.29 is 0 Å². The molecule has 0 fully saturated rings. The minimum Gasteiger partial charge on any atom is -0.225 e. The highest BCUT2D eigenvalue weighted by Crippen LogP contribution is 2.53. The first kappa shape index (κ1) is 27.3. The van der Waals surface area contributed by atoms with Gasteiger partial charge < -0.3 is 0 Å². The van der Waals surface area contributed by atoms with Gasteiger partial charge in [0.15, 0.2) is 5.82 Å². The number of rotatable bonds is 3. The topological polar surface area (TPSA) is 38.7 Å². The molecule has 0 saturated heterocycles. The fraction of sp³-hybridized carbons (Fsp3) is 0. The highest BCUT2D eigenvalue weighted by molar-refractivity contribution is 6.29. The number of fused-ring (bicyclic) bond motifs is 9. The Morgan fingerprint density at radius 3 is 1.60 bits per heavy atom. The van der Waals surface area contributed by atoms with Crippen molar-refractivity contribution in [2.75, 3.05) is 0 Å². The van der Waals surface area contributed by atoms with Gasteiger partial charge in [-0.1, -0.05) is 121 Å². The Morgan fingerprint density at radius 1 is 0.320 bits per heavy atom. The molecular formula is C47H27N3.